The molecule has 4 N–H and O–H groups in total. The molecule has 4 nitrogen and oxygen atoms in total. The van der Waals surface area contributed by atoms with Gasteiger partial charge in [0.15, 0.2) is 0 Å². The third-order valence-corrected chi connectivity index (χ3v) is 1.93. The van der Waals surface area contributed by atoms with E-state index in [4.69, 9.17) is 15.9 Å². The van der Waals surface area contributed by atoms with Gasteiger partial charge in [-0.25, -0.2) is 4.79 Å². The molecule has 15 heavy (non-hydrogen) atoms. The van der Waals surface area contributed by atoms with E-state index in [1.807, 2.05) is 0 Å². The first-order valence-corrected chi connectivity index (χ1v) is 4.32. The molecule has 1 unspecified atom stereocenters. The fourth-order valence-corrected chi connectivity index (χ4v) is 1.15. The van der Waals surface area contributed by atoms with Gasteiger partial charge >= 0.3 is 5.97 Å². The summed E-state index contributed by atoms with van der Waals surface area (Å²) in [5, 5.41) is 17.4. The zero-order valence-electron chi connectivity index (χ0n) is 8.09. The molecule has 0 aliphatic rings. The molecule has 1 rings (SSSR count). The molecule has 0 aliphatic heterocycles. The summed E-state index contributed by atoms with van der Waals surface area (Å²) in [4.78, 5) is 10.5. The van der Waals surface area contributed by atoms with Crippen LogP contribution in [0.15, 0.2) is 24.3 Å². The topological polar surface area (TPSA) is 83.5 Å². The molecule has 0 aromatic heterocycles. The van der Waals surface area contributed by atoms with Crippen molar-refractivity contribution >= 4 is 18.4 Å². The largest absolute Gasteiger partial charge is 0.478 e. The Morgan fingerprint density at radius 1 is 1.33 bits per heavy atom. The SMILES string of the molecule is Cl.NC(CO)Cc1ccc(C(=O)O)cc1. The summed E-state index contributed by atoms with van der Waals surface area (Å²) in [6, 6.07) is 6.19. The number of aliphatic hydroxyl groups excluding tert-OH is 1. The Morgan fingerprint density at radius 3 is 2.27 bits per heavy atom. The lowest BCUT2D eigenvalue weighted by Gasteiger charge is -2.07. The second-order valence-electron chi connectivity index (χ2n) is 3.15. The van der Waals surface area contributed by atoms with Gasteiger partial charge in [0.1, 0.15) is 0 Å². The number of aliphatic hydroxyl groups is 1. The van der Waals surface area contributed by atoms with Crippen molar-refractivity contribution in [2.45, 2.75) is 12.5 Å². The summed E-state index contributed by atoms with van der Waals surface area (Å²) in [5.74, 6) is -0.942. The van der Waals surface area contributed by atoms with E-state index >= 15 is 0 Å². The molecule has 0 amide bonds. The number of hydrogen-bond acceptors (Lipinski definition) is 3. The van der Waals surface area contributed by atoms with Crippen LogP contribution in [0.1, 0.15) is 15.9 Å². The monoisotopic (exact) mass is 231 g/mol. The van der Waals surface area contributed by atoms with Crippen LogP contribution < -0.4 is 5.73 Å². The van der Waals surface area contributed by atoms with Gasteiger partial charge in [0.25, 0.3) is 0 Å². The van der Waals surface area contributed by atoms with E-state index in [1.54, 1.807) is 12.1 Å². The highest BCUT2D eigenvalue weighted by Gasteiger charge is 2.04. The van der Waals surface area contributed by atoms with Crippen LogP contribution in [0.25, 0.3) is 0 Å². The molecule has 1 aromatic rings. The quantitative estimate of drug-likeness (QED) is 0.711. The van der Waals surface area contributed by atoms with Crippen molar-refractivity contribution in [3.63, 3.8) is 0 Å². The number of carboxylic acid groups (broad SMARTS) is 1. The average molecular weight is 232 g/mol. The summed E-state index contributed by atoms with van der Waals surface area (Å²) in [6.45, 7) is -0.0688. The third-order valence-electron chi connectivity index (χ3n) is 1.93. The van der Waals surface area contributed by atoms with Crippen LogP contribution in [0.3, 0.4) is 0 Å². The highest BCUT2D eigenvalue weighted by molar-refractivity contribution is 5.87. The maximum Gasteiger partial charge on any atom is 0.335 e. The predicted octanol–water partition coefficient (Wildman–Crippen LogP) is 0.669. The van der Waals surface area contributed by atoms with Crippen LogP contribution in [-0.2, 0) is 6.42 Å². The van der Waals surface area contributed by atoms with E-state index in [0.717, 1.165) is 5.56 Å². The minimum Gasteiger partial charge on any atom is -0.478 e. The van der Waals surface area contributed by atoms with E-state index in [0.29, 0.717) is 6.42 Å². The van der Waals surface area contributed by atoms with E-state index in [1.165, 1.54) is 12.1 Å². The van der Waals surface area contributed by atoms with Gasteiger partial charge in [-0.15, -0.1) is 12.4 Å². The second kappa shape index (κ2) is 6.40. The lowest BCUT2D eigenvalue weighted by Crippen LogP contribution is -2.26. The highest BCUT2D eigenvalue weighted by Crippen LogP contribution is 2.06. The lowest BCUT2D eigenvalue weighted by molar-refractivity contribution is 0.0697. The van der Waals surface area contributed by atoms with Crippen molar-refractivity contribution in [1.82, 2.24) is 0 Å². The first-order chi connectivity index (χ1) is 6.63. The van der Waals surface area contributed by atoms with Gasteiger partial charge in [-0.05, 0) is 24.1 Å². The van der Waals surface area contributed by atoms with Crippen LogP contribution >= 0.6 is 12.4 Å². The van der Waals surface area contributed by atoms with Gasteiger partial charge in [0.2, 0.25) is 0 Å². The molecule has 0 bridgehead atoms. The molecule has 0 aliphatic carbocycles. The van der Waals surface area contributed by atoms with Gasteiger partial charge in [-0.3, -0.25) is 0 Å². The summed E-state index contributed by atoms with van der Waals surface area (Å²) in [5.41, 5.74) is 6.72. The predicted molar refractivity (Wildman–Crippen MR) is 59.4 cm³/mol. The average Bonchev–Trinajstić information content (AvgIpc) is 2.18. The number of carboxylic acids is 1. The smallest absolute Gasteiger partial charge is 0.335 e. The summed E-state index contributed by atoms with van der Waals surface area (Å²) < 4.78 is 0. The van der Waals surface area contributed by atoms with Gasteiger partial charge in [0, 0.05) is 6.04 Å². The molecule has 84 valence electrons. The summed E-state index contributed by atoms with van der Waals surface area (Å²) >= 11 is 0. The molecule has 5 heteroatoms. The number of halogens is 1. The van der Waals surface area contributed by atoms with Crippen LogP contribution in [-0.4, -0.2) is 28.8 Å². The van der Waals surface area contributed by atoms with Crippen LogP contribution in [0.4, 0.5) is 0 Å². The number of carbonyl (C=O) groups is 1. The standard InChI is InChI=1S/C10H13NO3.ClH/c11-9(6-12)5-7-1-3-8(4-2-7)10(13)14;/h1-4,9,12H,5-6,11H2,(H,13,14);1H. The Kier molecular flexibility index (Phi) is 5.93. The zero-order valence-corrected chi connectivity index (χ0v) is 8.91. The number of benzene rings is 1. The van der Waals surface area contributed by atoms with Crippen molar-refractivity contribution in [3.8, 4) is 0 Å². The molecule has 1 atom stereocenters. The Hall–Kier alpha value is -1.10. The van der Waals surface area contributed by atoms with Crippen molar-refractivity contribution in [2.24, 2.45) is 5.73 Å². The molecule has 0 fully saturated rings. The molecular formula is C10H14ClNO3. The highest BCUT2D eigenvalue weighted by atomic mass is 35.5. The number of hydrogen-bond donors (Lipinski definition) is 3. The van der Waals surface area contributed by atoms with E-state index < -0.39 is 5.97 Å². The Bertz CT molecular complexity index is 313. The number of nitrogens with two attached hydrogens (primary N) is 1. The fraction of sp³-hybridized carbons (Fsp3) is 0.300. The Labute approximate surface area is 94.1 Å². The minimum atomic E-state index is -0.942. The molecule has 0 radical (unpaired) electrons. The number of rotatable bonds is 4. The molecule has 0 spiro atoms. The van der Waals surface area contributed by atoms with E-state index in [2.05, 4.69) is 0 Å². The maximum absolute atomic E-state index is 10.5. The molecule has 1 aromatic carbocycles. The number of aromatic carboxylic acids is 1. The first-order valence-electron chi connectivity index (χ1n) is 4.32. The van der Waals surface area contributed by atoms with Crippen molar-refractivity contribution in [3.05, 3.63) is 35.4 Å². The minimum absolute atomic E-state index is 0. The summed E-state index contributed by atoms with van der Waals surface area (Å²) in [6.07, 6.45) is 0.552. The summed E-state index contributed by atoms with van der Waals surface area (Å²) in [7, 11) is 0. The lowest BCUT2D eigenvalue weighted by atomic mass is 10.1. The second-order valence-corrected chi connectivity index (χ2v) is 3.15. The Morgan fingerprint density at radius 2 is 1.87 bits per heavy atom. The van der Waals surface area contributed by atoms with Crippen LogP contribution in [0.2, 0.25) is 0 Å². The van der Waals surface area contributed by atoms with Crippen molar-refractivity contribution < 1.29 is 15.0 Å². The van der Waals surface area contributed by atoms with Crippen molar-refractivity contribution in [2.75, 3.05) is 6.61 Å². The maximum atomic E-state index is 10.5. The molecular weight excluding hydrogens is 218 g/mol. The van der Waals surface area contributed by atoms with E-state index in [9.17, 15) is 4.79 Å². The zero-order chi connectivity index (χ0) is 10.6. The van der Waals surface area contributed by atoms with Crippen LogP contribution in [0, 0.1) is 0 Å². The molecule has 0 saturated carbocycles. The van der Waals surface area contributed by atoms with Crippen LogP contribution in [0.5, 0.6) is 0 Å². The van der Waals surface area contributed by atoms with Crippen molar-refractivity contribution in [1.29, 1.82) is 0 Å². The Balaban J connectivity index is 0.00000196. The third kappa shape index (κ3) is 4.29. The normalized spacial score (nSPS) is 11.6. The van der Waals surface area contributed by atoms with Gasteiger partial charge in [0.05, 0.1) is 12.2 Å². The first kappa shape index (κ1) is 13.9. The van der Waals surface area contributed by atoms with Gasteiger partial charge in [-0.2, -0.15) is 0 Å². The van der Waals surface area contributed by atoms with Gasteiger partial charge in [-0.1, -0.05) is 12.1 Å². The van der Waals surface area contributed by atoms with Gasteiger partial charge < -0.3 is 15.9 Å². The van der Waals surface area contributed by atoms with E-state index in [-0.39, 0.29) is 30.6 Å². The molecule has 0 heterocycles. The molecule has 0 saturated heterocycles. The fourth-order valence-electron chi connectivity index (χ4n) is 1.15.